The Labute approximate surface area is 182 Å². The van der Waals surface area contributed by atoms with E-state index in [1.54, 1.807) is 0 Å². The highest BCUT2D eigenvalue weighted by molar-refractivity contribution is 5.78. The molecule has 1 spiro atoms. The van der Waals surface area contributed by atoms with Crippen LogP contribution >= 0.6 is 0 Å². The van der Waals surface area contributed by atoms with Gasteiger partial charge in [0.2, 0.25) is 11.8 Å². The van der Waals surface area contributed by atoms with Gasteiger partial charge in [0.15, 0.2) is 0 Å². The zero-order chi connectivity index (χ0) is 21.8. The SMILES string of the molecule is CC(=O)NCCC(=O)N[C@H]1CCC2(CCN(CCC(C)(C)C)CC2)c2ccccc21. The standard InChI is InChI=1S/C25H39N3O2/c1-19(29)26-15-10-23(30)27-22-9-11-25(21-8-6-5-7-20(21)22)13-17-28(18-14-25)16-12-24(2,3)4/h5-8,22H,9-18H2,1-4H3,(H,26,29)(H,27,30)/t22-/m0/s1. The van der Waals surface area contributed by atoms with Crippen LogP contribution in [0.1, 0.15) is 83.4 Å². The second kappa shape index (κ2) is 9.51. The van der Waals surface area contributed by atoms with Crippen molar-refractivity contribution in [2.45, 2.75) is 77.7 Å². The van der Waals surface area contributed by atoms with Crippen LogP contribution in [0.4, 0.5) is 0 Å². The minimum Gasteiger partial charge on any atom is -0.356 e. The van der Waals surface area contributed by atoms with E-state index in [1.165, 1.54) is 43.9 Å². The lowest BCUT2D eigenvalue weighted by molar-refractivity contribution is -0.122. The van der Waals surface area contributed by atoms with Crippen LogP contribution in [0.2, 0.25) is 0 Å². The number of nitrogens with zero attached hydrogens (tertiary/aromatic N) is 1. The van der Waals surface area contributed by atoms with Gasteiger partial charge in [0.25, 0.3) is 0 Å². The van der Waals surface area contributed by atoms with Crippen molar-refractivity contribution >= 4 is 11.8 Å². The van der Waals surface area contributed by atoms with Gasteiger partial charge in [0.05, 0.1) is 6.04 Å². The first-order valence-corrected chi connectivity index (χ1v) is 11.5. The lowest BCUT2D eigenvalue weighted by Crippen LogP contribution is -2.46. The Balaban J connectivity index is 1.63. The summed E-state index contributed by atoms with van der Waals surface area (Å²) in [5.41, 5.74) is 3.38. The molecule has 1 aliphatic carbocycles. The largest absolute Gasteiger partial charge is 0.356 e. The Kier molecular flexibility index (Phi) is 7.22. The van der Waals surface area contributed by atoms with Crippen molar-refractivity contribution in [1.29, 1.82) is 0 Å². The van der Waals surface area contributed by atoms with Crippen LogP contribution in [0, 0.1) is 5.41 Å². The monoisotopic (exact) mass is 413 g/mol. The molecule has 30 heavy (non-hydrogen) atoms. The molecule has 166 valence electrons. The van der Waals surface area contributed by atoms with Crippen molar-refractivity contribution in [2.24, 2.45) is 5.41 Å². The van der Waals surface area contributed by atoms with E-state index in [-0.39, 0.29) is 23.3 Å². The summed E-state index contributed by atoms with van der Waals surface area (Å²) in [5.74, 6) is -0.0851. The Morgan fingerprint density at radius 3 is 2.50 bits per heavy atom. The predicted octanol–water partition coefficient (Wildman–Crippen LogP) is 3.93. The summed E-state index contributed by atoms with van der Waals surface area (Å²) in [6, 6.07) is 8.80. The molecule has 0 radical (unpaired) electrons. The smallest absolute Gasteiger partial charge is 0.222 e. The molecule has 2 amide bonds. The molecule has 1 fully saturated rings. The predicted molar refractivity (Wildman–Crippen MR) is 121 cm³/mol. The number of nitrogens with one attached hydrogen (secondary N) is 2. The van der Waals surface area contributed by atoms with Gasteiger partial charge in [0.1, 0.15) is 0 Å². The third-order valence-electron chi connectivity index (χ3n) is 6.87. The van der Waals surface area contributed by atoms with Gasteiger partial charge >= 0.3 is 0 Å². The lowest BCUT2D eigenvalue weighted by atomic mass is 9.63. The van der Waals surface area contributed by atoms with E-state index >= 15 is 0 Å². The summed E-state index contributed by atoms with van der Waals surface area (Å²) in [4.78, 5) is 26.0. The van der Waals surface area contributed by atoms with Crippen LogP contribution < -0.4 is 10.6 Å². The minimum absolute atomic E-state index is 0.0107. The molecule has 1 atom stereocenters. The molecule has 5 nitrogen and oxygen atoms in total. The van der Waals surface area contributed by atoms with Crippen LogP contribution in [0.15, 0.2) is 24.3 Å². The van der Waals surface area contributed by atoms with Crippen LogP contribution in [0.5, 0.6) is 0 Å². The molecule has 5 heteroatoms. The first kappa shape index (κ1) is 22.8. The highest BCUT2D eigenvalue weighted by Crippen LogP contribution is 2.48. The number of amides is 2. The molecule has 0 saturated carbocycles. The van der Waals surface area contributed by atoms with Crippen molar-refractivity contribution in [1.82, 2.24) is 15.5 Å². The Morgan fingerprint density at radius 2 is 1.83 bits per heavy atom. The average molecular weight is 414 g/mol. The molecule has 1 aliphatic heterocycles. The maximum Gasteiger partial charge on any atom is 0.222 e. The normalized spacial score (nSPS) is 21.1. The Morgan fingerprint density at radius 1 is 1.13 bits per heavy atom. The number of benzene rings is 1. The van der Waals surface area contributed by atoms with Gasteiger partial charge < -0.3 is 15.5 Å². The second-order valence-electron chi connectivity index (χ2n) is 10.4. The molecular formula is C25H39N3O2. The van der Waals surface area contributed by atoms with Gasteiger partial charge in [-0.25, -0.2) is 0 Å². The zero-order valence-corrected chi connectivity index (χ0v) is 19.2. The summed E-state index contributed by atoms with van der Waals surface area (Å²) in [7, 11) is 0. The Bertz CT molecular complexity index is 745. The number of carbonyl (C=O) groups is 2. The molecule has 3 rings (SSSR count). The van der Waals surface area contributed by atoms with E-state index < -0.39 is 0 Å². The van der Waals surface area contributed by atoms with E-state index in [1.807, 2.05) is 0 Å². The molecule has 0 bridgehead atoms. The van der Waals surface area contributed by atoms with E-state index in [0.717, 1.165) is 25.9 Å². The van der Waals surface area contributed by atoms with Crippen LogP contribution in [0.25, 0.3) is 0 Å². The minimum atomic E-state index is -0.0957. The van der Waals surface area contributed by atoms with Gasteiger partial charge in [-0.3, -0.25) is 9.59 Å². The highest BCUT2D eigenvalue weighted by atomic mass is 16.2. The fourth-order valence-electron chi connectivity index (χ4n) is 4.98. The molecule has 0 aromatic heterocycles. The number of fused-ring (bicyclic) bond motifs is 2. The summed E-state index contributed by atoms with van der Waals surface area (Å²) < 4.78 is 0. The molecule has 2 N–H and O–H groups in total. The van der Waals surface area contributed by atoms with Crippen molar-refractivity contribution in [2.75, 3.05) is 26.2 Å². The van der Waals surface area contributed by atoms with Gasteiger partial charge in [-0.2, -0.15) is 0 Å². The quantitative estimate of drug-likeness (QED) is 0.743. The summed E-state index contributed by atoms with van der Waals surface area (Å²) >= 11 is 0. The third kappa shape index (κ3) is 5.84. The first-order valence-electron chi connectivity index (χ1n) is 11.5. The number of hydrogen-bond acceptors (Lipinski definition) is 3. The van der Waals surface area contributed by atoms with E-state index in [9.17, 15) is 9.59 Å². The summed E-state index contributed by atoms with van der Waals surface area (Å²) in [5, 5.41) is 5.91. The number of carbonyl (C=O) groups excluding carboxylic acids is 2. The Hall–Kier alpha value is -1.88. The summed E-state index contributed by atoms with van der Waals surface area (Å²) in [6.45, 7) is 12.3. The van der Waals surface area contributed by atoms with E-state index in [2.05, 4.69) is 60.6 Å². The van der Waals surface area contributed by atoms with Gasteiger partial charge in [-0.15, -0.1) is 0 Å². The number of rotatable bonds is 6. The molecule has 0 unspecified atom stereocenters. The van der Waals surface area contributed by atoms with Gasteiger partial charge in [-0.1, -0.05) is 45.0 Å². The second-order valence-corrected chi connectivity index (χ2v) is 10.4. The fraction of sp³-hybridized carbons (Fsp3) is 0.680. The van der Waals surface area contributed by atoms with Crippen LogP contribution in [0.3, 0.4) is 0 Å². The topological polar surface area (TPSA) is 61.4 Å². The average Bonchev–Trinajstić information content (AvgIpc) is 2.69. The van der Waals surface area contributed by atoms with E-state index in [4.69, 9.17) is 0 Å². The van der Waals surface area contributed by atoms with Crippen molar-refractivity contribution in [3.05, 3.63) is 35.4 Å². The van der Waals surface area contributed by atoms with Gasteiger partial charge in [-0.05, 0) is 73.7 Å². The molecule has 1 aromatic rings. The molecular weight excluding hydrogens is 374 g/mol. The first-order chi connectivity index (χ1) is 14.2. The van der Waals surface area contributed by atoms with Crippen LogP contribution in [-0.2, 0) is 15.0 Å². The summed E-state index contributed by atoms with van der Waals surface area (Å²) in [6.07, 6.45) is 6.10. The maximum atomic E-state index is 12.4. The maximum absolute atomic E-state index is 12.4. The van der Waals surface area contributed by atoms with E-state index in [0.29, 0.717) is 18.4 Å². The number of piperidine rings is 1. The zero-order valence-electron chi connectivity index (χ0n) is 19.2. The van der Waals surface area contributed by atoms with Crippen LogP contribution in [-0.4, -0.2) is 42.9 Å². The number of hydrogen-bond donors (Lipinski definition) is 2. The third-order valence-corrected chi connectivity index (χ3v) is 6.87. The lowest BCUT2D eigenvalue weighted by Gasteiger charge is -2.47. The highest BCUT2D eigenvalue weighted by Gasteiger charge is 2.42. The molecule has 1 heterocycles. The van der Waals surface area contributed by atoms with Crippen molar-refractivity contribution in [3.63, 3.8) is 0 Å². The van der Waals surface area contributed by atoms with Gasteiger partial charge in [0, 0.05) is 19.9 Å². The van der Waals surface area contributed by atoms with Crippen molar-refractivity contribution < 1.29 is 9.59 Å². The fourth-order valence-corrected chi connectivity index (χ4v) is 4.98. The number of likely N-dealkylation sites (tertiary alicyclic amines) is 1. The molecule has 1 aromatic carbocycles. The molecule has 1 saturated heterocycles. The molecule has 2 aliphatic rings. The van der Waals surface area contributed by atoms with Crippen molar-refractivity contribution in [3.8, 4) is 0 Å².